The molecular formula is C13H9ClN2O. The van der Waals surface area contributed by atoms with Gasteiger partial charge in [0.2, 0.25) is 5.88 Å². The smallest absolute Gasteiger partial charge is 0.219 e. The number of nitrogens with zero attached hydrogens (tertiary/aromatic N) is 2. The van der Waals surface area contributed by atoms with Gasteiger partial charge in [0.1, 0.15) is 5.75 Å². The molecule has 0 unspecified atom stereocenters. The summed E-state index contributed by atoms with van der Waals surface area (Å²) in [5.41, 5.74) is 0.962. The fourth-order valence-electron chi connectivity index (χ4n) is 1.31. The molecule has 1 aromatic heterocycles. The first-order valence-electron chi connectivity index (χ1n) is 5.03. The summed E-state index contributed by atoms with van der Waals surface area (Å²) in [5, 5.41) is 9.12. The monoisotopic (exact) mass is 244 g/mol. The Labute approximate surface area is 104 Å². The van der Waals surface area contributed by atoms with Gasteiger partial charge in [0.15, 0.2) is 0 Å². The van der Waals surface area contributed by atoms with Crippen molar-refractivity contribution in [3.63, 3.8) is 0 Å². The molecule has 84 valence electrons. The Morgan fingerprint density at radius 1 is 1.18 bits per heavy atom. The maximum atomic E-state index is 8.55. The first kappa shape index (κ1) is 11.4. The van der Waals surface area contributed by atoms with Gasteiger partial charge in [-0.05, 0) is 23.8 Å². The Morgan fingerprint density at radius 3 is 2.53 bits per heavy atom. The van der Waals surface area contributed by atoms with E-state index in [2.05, 4.69) is 11.1 Å². The van der Waals surface area contributed by atoms with Crippen molar-refractivity contribution >= 4 is 11.6 Å². The van der Waals surface area contributed by atoms with Crippen LogP contribution >= 0.6 is 11.6 Å². The molecule has 0 aliphatic heterocycles. The first-order valence-corrected chi connectivity index (χ1v) is 5.41. The number of halogens is 1. The van der Waals surface area contributed by atoms with Crippen molar-refractivity contribution in [2.45, 2.75) is 6.42 Å². The number of hydrogen-bond acceptors (Lipinski definition) is 3. The van der Waals surface area contributed by atoms with Crippen molar-refractivity contribution in [2.24, 2.45) is 0 Å². The zero-order valence-corrected chi connectivity index (χ0v) is 9.69. The van der Waals surface area contributed by atoms with Crippen LogP contribution in [-0.4, -0.2) is 4.98 Å². The van der Waals surface area contributed by atoms with Crippen molar-refractivity contribution in [1.82, 2.24) is 4.98 Å². The molecule has 0 spiro atoms. The third-order valence-electron chi connectivity index (χ3n) is 2.13. The van der Waals surface area contributed by atoms with E-state index in [1.54, 1.807) is 12.1 Å². The maximum absolute atomic E-state index is 8.55. The van der Waals surface area contributed by atoms with Gasteiger partial charge in [-0.15, -0.1) is 0 Å². The number of benzene rings is 1. The molecule has 0 N–H and O–H groups in total. The molecule has 0 saturated carbocycles. The first-order chi connectivity index (χ1) is 8.28. The largest absolute Gasteiger partial charge is 0.439 e. The lowest BCUT2D eigenvalue weighted by atomic mass is 10.2. The lowest BCUT2D eigenvalue weighted by Crippen LogP contribution is -1.88. The molecule has 0 aliphatic rings. The summed E-state index contributed by atoms with van der Waals surface area (Å²) in [4.78, 5) is 4.03. The van der Waals surface area contributed by atoms with Crippen molar-refractivity contribution < 1.29 is 4.74 Å². The number of hydrogen-bond donors (Lipinski definition) is 0. The zero-order valence-electron chi connectivity index (χ0n) is 8.93. The number of ether oxygens (including phenoxy) is 1. The SMILES string of the molecule is N#CCc1ccc(Oc2ccc(Cl)cn2)cc1. The quantitative estimate of drug-likeness (QED) is 0.829. The van der Waals surface area contributed by atoms with Gasteiger partial charge >= 0.3 is 0 Å². The minimum Gasteiger partial charge on any atom is -0.439 e. The number of aromatic nitrogens is 1. The third kappa shape index (κ3) is 3.20. The van der Waals surface area contributed by atoms with Crippen LogP contribution in [0.25, 0.3) is 0 Å². The van der Waals surface area contributed by atoms with Crippen LogP contribution in [0.1, 0.15) is 5.56 Å². The molecule has 17 heavy (non-hydrogen) atoms. The summed E-state index contributed by atoms with van der Waals surface area (Å²) in [5.74, 6) is 1.17. The van der Waals surface area contributed by atoms with Crippen LogP contribution in [0.4, 0.5) is 0 Å². The fraction of sp³-hybridized carbons (Fsp3) is 0.0769. The van der Waals surface area contributed by atoms with Gasteiger partial charge in [-0.1, -0.05) is 23.7 Å². The van der Waals surface area contributed by atoms with Crippen molar-refractivity contribution in [2.75, 3.05) is 0 Å². The van der Waals surface area contributed by atoms with E-state index in [9.17, 15) is 0 Å². The van der Waals surface area contributed by atoms with Crippen molar-refractivity contribution in [3.05, 3.63) is 53.2 Å². The second-order valence-corrected chi connectivity index (χ2v) is 3.83. The molecule has 2 rings (SSSR count). The topological polar surface area (TPSA) is 45.9 Å². The molecule has 0 amide bonds. The summed E-state index contributed by atoms with van der Waals surface area (Å²) < 4.78 is 5.51. The molecule has 0 radical (unpaired) electrons. The second-order valence-electron chi connectivity index (χ2n) is 3.40. The summed E-state index contributed by atoms with van der Waals surface area (Å²) in [6.07, 6.45) is 1.93. The standard InChI is InChI=1S/C13H9ClN2O/c14-11-3-6-13(16-9-11)17-12-4-1-10(2-5-12)7-8-15/h1-6,9H,7H2. The highest BCUT2D eigenvalue weighted by molar-refractivity contribution is 6.30. The van der Waals surface area contributed by atoms with E-state index in [-0.39, 0.29) is 0 Å². The van der Waals surface area contributed by atoms with E-state index in [0.29, 0.717) is 23.1 Å². The summed E-state index contributed by atoms with van der Waals surface area (Å²) in [6, 6.07) is 12.8. The summed E-state index contributed by atoms with van der Waals surface area (Å²) in [7, 11) is 0. The van der Waals surface area contributed by atoms with Crippen LogP contribution in [0.5, 0.6) is 11.6 Å². The minimum atomic E-state index is 0.402. The summed E-state index contributed by atoms with van der Waals surface area (Å²) in [6.45, 7) is 0. The van der Waals surface area contributed by atoms with Gasteiger partial charge in [-0.25, -0.2) is 4.98 Å². The molecule has 0 atom stereocenters. The van der Waals surface area contributed by atoms with Crippen LogP contribution in [0, 0.1) is 11.3 Å². The van der Waals surface area contributed by atoms with E-state index in [1.165, 1.54) is 6.20 Å². The third-order valence-corrected chi connectivity index (χ3v) is 2.35. The van der Waals surface area contributed by atoms with E-state index >= 15 is 0 Å². The van der Waals surface area contributed by atoms with Gasteiger partial charge in [0.25, 0.3) is 0 Å². The molecule has 3 nitrogen and oxygen atoms in total. The van der Waals surface area contributed by atoms with Crippen molar-refractivity contribution in [3.8, 4) is 17.7 Å². The lowest BCUT2D eigenvalue weighted by molar-refractivity contribution is 0.463. The van der Waals surface area contributed by atoms with Gasteiger partial charge < -0.3 is 4.74 Å². The van der Waals surface area contributed by atoms with Crippen LogP contribution in [-0.2, 0) is 6.42 Å². The van der Waals surface area contributed by atoms with Gasteiger partial charge in [-0.3, -0.25) is 0 Å². The molecule has 4 heteroatoms. The molecular weight excluding hydrogens is 236 g/mol. The minimum absolute atomic E-state index is 0.402. The fourth-order valence-corrected chi connectivity index (χ4v) is 1.42. The zero-order chi connectivity index (χ0) is 12.1. The maximum Gasteiger partial charge on any atom is 0.219 e. The normalized spacial score (nSPS) is 9.65. The highest BCUT2D eigenvalue weighted by atomic mass is 35.5. The number of nitriles is 1. The molecule has 0 saturated heterocycles. The van der Waals surface area contributed by atoms with Crippen molar-refractivity contribution in [1.29, 1.82) is 5.26 Å². The van der Waals surface area contributed by atoms with E-state index < -0.39 is 0 Å². The molecule has 0 bridgehead atoms. The molecule has 0 aliphatic carbocycles. The van der Waals surface area contributed by atoms with E-state index in [0.717, 1.165) is 5.56 Å². The molecule has 2 aromatic rings. The van der Waals surface area contributed by atoms with Gasteiger partial charge in [0.05, 0.1) is 17.5 Å². The Balaban J connectivity index is 2.09. The lowest BCUT2D eigenvalue weighted by Gasteiger charge is -2.04. The van der Waals surface area contributed by atoms with E-state index in [1.807, 2.05) is 24.3 Å². The molecule has 0 fully saturated rings. The Kier molecular flexibility index (Phi) is 3.59. The molecule has 1 heterocycles. The Morgan fingerprint density at radius 2 is 1.94 bits per heavy atom. The number of pyridine rings is 1. The highest BCUT2D eigenvalue weighted by Crippen LogP contribution is 2.20. The number of rotatable bonds is 3. The van der Waals surface area contributed by atoms with Crippen LogP contribution in [0.3, 0.4) is 0 Å². The molecule has 1 aromatic carbocycles. The van der Waals surface area contributed by atoms with Crippen LogP contribution < -0.4 is 4.74 Å². The van der Waals surface area contributed by atoms with Gasteiger partial charge in [-0.2, -0.15) is 5.26 Å². The average Bonchev–Trinajstić information content (AvgIpc) is 2.35. The van der Waals surface area contributed by atoms with Crippen LogP contribution in [0.15, 0.2) is 42.6 Å². The van der Waals surface area contributed by atoms with Gasteiger partial charge in [0, 0.05) is 12.3 Å². The van der Waals surface area contributed by atoms with Crippen LogP contribution in [0.2, 0.25) is 5.02 Å². The second kappa shape index (κ2) is 5.33. The average molecular weight is 245 g/mol. The Bertz CT molecular complexity index is 529. The highest BCUT2D eigenvalue weighted by Gasteiger charge is 1.99. The van der Waals surface area contributed by atoms with E-state index in [4.69, 9.17) is 21.6 Å². The predicted octanol–water partition coefficient (Wildman–Crippen LogP) is 3.59. The predicted molar refractivity (Wildman–Crippen MR) is 65.1 cm³/mol. The Hall–Kier alpha value is -2.05. The summed E-state index contributed by atoms with van der Waals surface area (Å²) >= 11 is 5.72.